The summed E-state index contributed by atoms with van der Waals surface area (Å²) in [5.41, 5.74) is -2.15. The minimum Gasteiger partial charge on any atom is -0.351 e. The quantitative estimate of drug-likeness (QED) is 0.710. The predicted octanol–water partition coefficient (Wildman–Crippen LogP) is 4.82. The number of nitrogens with one attached hydrogen (secondary N) is 1. The number of amides is 2. The maximum Gasteiger partial charge on any atom is 0.416 e. The fourth-order valence-corrected chi connectivity index (χ4v) is 4.70. The fourth-order valence-electron chi connectivity index (χ4n) is 4.70. The highest BCUT2D eigenvalue weighted by molar-refractivity contribution is 6.11. The Hall–Kier alpha value is -2.49. The molecule has 0 heterocycles. The van der Waals surface area contributed by atoms with Gasteiger partial charge in [-0.1, -0.05) is 44.6 Å². The topological polar surface area (TPSA) is 49.4 Å². The van der Waals surface area contributed by atoms with Gasteiger partial charge in [0.05, 0.1) is 5.56 Å². The van der Waals surface area contributed by atoms with Gasteiger partial charge in [0.15, 0.2) is 0 Å². The second kappa shape index (κ2) is 9.11. The van der Waals surface area contributed by atoms with E-state index in [0.717, 1.165) is 55.6 Å². The third-order valence-electron chi connectivity index (χ3n) is 6.23. The second-order valence-corrected chi connectivity index (χ2v) is 8.23. The van der Waals surface area contributed by atoms with Gasteiger partial charge in [0.1, 0.15) is 5.54 Å². The molecule has 2 saturated carbocycles. The minimum absolute atomic E-state index is 0.00784. The number of anilines is 1. The number of nitrogens with zero attached hydrogens (tertiary/aromatic N) is 1. The highest BCUT2D eigenvalue weighted by Crippen LogP contribution is 2.40. The molecule has 0 atom stereocenters. The van der Waals surface area contributed by atoms with Gasteiger partial charge in [-0.15, -0.1) is 6.42 Å². The Bertz CT molecular complexity index is 816. The zero-order chi connectivity index (χ0) is 21.8. The SMILES string of the molecule is C#CC(=O)N(c1cccc(C(F)(F)F)c1)C1(C(=O)NC2CCCCC2)CCCCC1. The monoisotopic (exact) mass is 420 g/mol. The molecule has 0 saturated heterocycles. The molecule has 7 heteroatoms. The molecule has 0 spiro atoms. The van der Waals surface area contributed by atoms with E-state index in [-0.39, 0.29) is 17.6 Å². The van der Waals surface area contributed by atoms with E-state index in [4.69, 9.17) is 6.42 Å². The Morgan fingerprint density at radius 3 is 2.30 bits per heavy atom. The Morgan fingerprint density at radius 1 is 1.07 bits per heavy atom. The number of rotatable bonds is 4. The van der Waals surface area contributed by atoms with Crippen molar-refractivity contribution >= 4 is 17.5 Å². The first-order valence-corrected chi connectivity index (χ1v) is 10.6. The summed E-state index contributed by atoms with van der Waals surface area (Å²) in [4.78, 5) is 27.5. The highest BCUT2D eigenvalue weighted by Gasteiger charge is 2.48. The zero-order valence-corrected chi connectivity index (χ0v) is 16.9. The van der Waals surface area contributed by atoms with Crippen molar-refractivity contribution in [2.24, 2.45) is 0 Å². The number of carbonyl (C=O) groups excluding carboxylic acids is 2. The average Bonchev–Trinajstić information content (AvgIpc) is 2.74. The predicted molar refractivity (Wildman–Crippen MR) is 109 cm³/mol. The van der Waals surface area contributed by atoms with Crippen LogP contribution >= 0.6 is 0 Å². The van der Waals surface area contributed by atoms with Crippen LogP contribution in [0, 0.1) is 12.3 Å². The summed E-state index contributed by atoms with van der Waals surface area (Å²) in [6.07, 6.45) is 8.79. The van der Waals surface area contributed by atoms with Crippen LogP contribution in [-0.4, -0.2) is 23.4 Å². The van der Waals surface area contributed by atoms with Crippen molar-refractivity contribution in [3.05, 3.63) is 29.8 Å². The standard InChI is InChI=1S/C23H27F3N2O2/c1-2-20(29)28(19-13-9-10-17(16-19)23(24,25)26)22(14-7-4-8-15-22)21(30)27-18-11-5-3-6-12-18/h1,9-10,13,16,18H,3-8,11-12,14-15H2,(H,27,30). The molecule has 4 nitrogen and oxygen atoms in total. The molecule has 0 aromatic heterocycles. The normalized spacial score (nSPS) is 19.5. The summed E-state index contributed by atoms with van der Waals surface area (Å²) < 4.78 is 39.9. The van der Waals surface area contributed by atoms with Gasteiger partial charge in [0, 0.05) is 11.7 Å². The molecule has 0 aliphatic heterocycles. The number of benzene rings is 1. The Balaban J connectivity index is 2.02. The summed E-state index contributed by atoms with van der Waals surface area (Å²) in [5.74, 6) is 0.922. The Morgan fingerprint density at radius 2 is 1.70 bits per heavy atom. The maximum atomic E-state index is 13.5. The lowest BCUT2D eigenvalue weighted by Gasteiger charge is -2.45. The number of carbonyl (C=O) groups is 2. The van der Waals surface area contributed by atoms with E-state index in [1.54, 1.807) is 0 Å². The summed E-state index contributed by atoms with van der Waals surface area (Å²) in [7, 11) is 0. The summed E-state index contributed by atoms with van der Waals surface area (Å²) >= 11 is 0. The Labute approximate surface area is 175 Å². The first-order valence-electron chi connectivity index (χ1n) is 10.6. The summed E-state index contributed by atoms with van der Waals surface area (Å²) in [5, 5.41) is 3.08. The lowest BCUT2D eigenvalue weighted by atomic mass is 9.78. The smallest absolute Gasteiger partial charge is 0.351 e. The van der Waals surface area contributed by atoms with E-state index >= 15 is 0 Å². The molecule has 2 aliphatic rings. The van der Waals surface area contributed by atoms with Crippen molar-refractivity contribution in [2.45, 2.75) is 82.0 Å². The molecular formula is C23H27F3N2O2. The first kappa shape index (κ1) is 22.2. The van der Waals surface area contributed by atoms with Gasteiger partial charge >= 0.3 is 12.1 Å². The molecule has 3 rings (SSSR count). The van der Waals surface area contributed by atoms with Crippen molar-refractivity contribution in [3.63, 3.8) is 0 Å². The molecular weight excluding hydrogens is 393 g/mol. The van der Waals surface area contributed by atoms with E-state index in [9.17, 15) is 22.8 Å². The first-order chi connectivity index (χ1) is 14.3. The molecule has 2 aliphatic carbocycles. The molecule has 1 N–H and O–H groups in total. The van der Waals surface area contributed by atoms with Gasteiger partial charge in [-0.25, -0.2) is 0 Å². The van der Waals surface area contributed by atoms with E-state index in [2.05, 4.69) is 5.32 Å². The molecule has 0 unspecified atom stereocenters. The molecule has 1 aromatic rings. The van der Waals surface area contributed by atoms with Crippen LogP contribution in [0.2, 0.25) is 0 Å². The van der Waals surface area contributed by atoms with Crippen LogP contribution in [0.3, 0.4) is 0 Å². The fraction of sp³-hybridized carbons (Fsp3) is 0.565. The number of hydrogen-bond acceptors (Lipinski definition) is 2. The number of alkyl halides is 3. The third-order valence-corrected chi connectivity index (χ3v) is 6.23. The Kier molecular flexibility index (Phi) is 6.74. The van der Waals surface area contributed by atoms with Crippen molar-refractivity contribution in [2.75, 3.05) is 4.90 Å². The third kappa shape index (κ3) is 4.63. The average molecular weight is 420 g/mol. The van der Waals surface area contributed by atoms with Gasteiger partial charge in [-0.3, -0.25) is 14.5 Å². The van der Waals surface area contributed by atoms with Crippen LogP contribution in [0.25, 0.3) is 0 Å². The van der Waals surface area contributed by atoms with Gasteiger partial charge in [-0.05, 0) is 49.8 Å². The lowest BCUT2D eigenvalue weighted by molar-refractivity contribution is -0.137. The zero-order valence-electron chi connectivity index (χ0n) is 16.9. The molecule has 2 fully saturated rings. The van der Waals surface area contributed by atoms with Crippen molar-refractivity contribution in [1.29, 1.82) is 0 Å². The van der Waals surface area contributed by atoms with E-state index < -0.39 is 23.2 Å². The van der Waals surface area contributed by atoms with E-state index in [0.29, 0.717) is 25.7 Å². The highest BCUT2D eigenvalue weighted by atomic mass is 19.4. The lowest BCUT2D eigenvalue weighted by Crippen LogP contribution is -2.63. The van der Waals surface area contributed by atoms with Crippen LogP contribution < -0.4 is 10.2 Å². The van der Waals surface area contributed by atoms with Crippen LogP contribution in [-0.2, 0) is 15.8 Å². The number of halogens is 3. The van der Waals surface area contributed by atoms with Crippen LogP contribution in [0.15, 0.2) is 24.3 Å². The van der Waals surface area contributed by atoms with Crippen LogP contribution in [0.5, 0.6) is 0 Å². The van der Waals surface area contributed by atoms with Gasteiger partial charge in [-0.2, -0.15) is 13.2 Å². The molecule has 0 bridgehead atoms. The molecule has 0 radical (unpaired) electrons. The van der Waals surface area contributed by atoms with Crippen molar-refractivity contribution in [1.82, 2.24) is 5.32 Å². The molecule has 2 amide bonds. The second-order valence-electron chi connectivity index (χ2n) is 8.23. The van der Waals surface area contributed by atoms with Gasteiger partial charge in [0.2, 0.25) is 5.91 Å². The molecule has 30 heavy (non-hydrogen) atoms. The molecule has 162 valence electrons. The number of hydrogen-bond donors (Lipinski definition) is 1. The van der Waals surface area contributed by atoms with E-state index in [1.807, 2.05) is 5.92 Å². The van der Waals surface area contributed by atoms with Crippen molar-refractivity contribution < 1.29 is 22.8 Å². The summed E-state index contributed by atoms with van der Waals surface area (Å²) in [6.45, 7) is 0. The van der Waals surface area contributed by atoms with Gasteiger partial charge in [0.25, 0.3) is 0 Å². The van der Waals surface area contributed by atoms with Crippen LogP contribution in [0.4, 0.5) is 18.9 Å². The minimum atomic E-state index is -4.56. The van der Waals surface area contributed by atoms with Gasteiger partial charge < -0.3 is 5.32 Å². The molecule has 1 aromatic carbocycles. The number of terminal acetylenes is 1. The van der Waals surface area contributed by atoms with Crippen molar-refractivity contribution in [3.8, 4) is 12.3 Å². The van der Waals surface area contributed by atoms with E-state index in [1.165, 1.54) is 12.1 Å². The maximum absolute atomic E-state index is 13.5. The summed E-state index contributed by atoms with van der Waals surface area (Å²) in [6, 6.07) is 4.52. The largest absolute Gasteiger partial charge is 0.416 e. The van der Waals surface area contributed by atoms with Crippen LogP contribution in [0.1, 0.15) is 69.8 Å².